The van der Waals surface area contributed by atoms with Crippen molar-refractivity contribution < 1.29 is 13.9 Å². The minimum absolute atomic E-state index is 0.0731. The van der Waals surface area contributed by atoms with E-state index < -0.39 is 0 Å². The van der Waals surface area contributed by atoms with Crippen molar-refractivity contribution in [2.24, 2.45) is 0 Å². The summed E-state index contributed by atoms with van der Waals surface area (Å²) in [6.07, 6.45) is 0.331. The first-order valence-electron chi connectivity index (χ1n) is 4.46. The molecule has 1 aromatic carbocycles. The highest BCUT2D eigenvalue weighted by molar-refractivity contribution is 6.28. The fourth-order valence-corrected chi connectivity index (χ4v) is 1.32. The molecule has 1 aromatic heterocycles. The van der Waals surface area contributed by atoms with Crippen LogP contribution in [-0.2, 0) is 4.79 Å². The van der Waals surface area contributed by atoms with Crippen molar-refractivity contribution in [1.29, 1.82) is 0 Å². The first-order valence-corrected chi connectivity index (χ1v) is 4.83. The zero-order valence-electron chi connectivity index (χ0n) is 7.99. The Labute approximate surface area is 90.8 Å². The van der Waals surface area contributed by atoms with Gasteiger partial charge >= 0.3 is 5.97 Å². The van der Waals surface area contributed by atoms with Gasteiger partial charge in [-0.25, -0.2) is 0 Å². The van der Waals surface area contributed by atoms with Gasteiger partial charge < -0.3 is 9.15 Å². The van der Waals surface area contributed by atoms with Crippen LogP contribution in [0.2, 0.25) is 5.35 Å². The van der Waals surface area contributed by atoms with Gasteiger partial charge in [-0.2, -0.15) is 4.98 Å². The molecule has 0 bridgehead atoms. The number of benzene rings is 1. The minimum atomic E-state index is -0.288. The molecule has 0 atom stereocenters. The minimum Gasteiger partial charge on any atom is -0.428 e. The number of fused-ring (bicyclic) bond motifs is 1. The predicted octanol–water partition coefficient (Wildman–Crippen LogP) is 2.80. The fraction of sp³-hybridized carbons (Fsp3) is 0.200. The Morgan fingerprint density at radius 1 is 1.60 bits per heavy atom. The van der Waals surface area contributed by atoms with E-state index in [2.05, 4.69) is 4.98 Å². The Morgan fingerprint density at radius 3 is 3.13 bits per heavy atom. The molecule has 1 heterocycles. The summed E-state index contributed by atoms with van der Waals surface area (Å²) in [6, 6.07) is 4.90. The molecule has 0 unspecified atom stereocenters. The lowest BCUT2D eigenvalue weighted by atomic mass is 10.3. The van der Waals surface area contributed by atoms with E-state index in [1.54, 1.807) is 25.1 Å². The SMILES string of the molecule is CCC(=O)Oc1ccc2oc(Cl)nc2c1. The lowest BCUT2D eigenvalue weighted by Crippen LogP contribution is -2.05. The Morgan fingerprint density at radius 2 is 2.40 bits per heavy atom. The van der Waals surface area contributed by atoms with Crippen molar-refractivity contribution in [3.05, 3.63) is 23.5 Å². The summed E-state index contributed by atoms with van der Waals surface area (Å²) in [5.74, 6) is 0.156. The van der Waals surface area contributed by atoms with E-state index in [0.29, 0.717) is 23.3 Å². The third kappa shape index (κ3) is 2.10. The van der Waals surface area contributed by atoms with E-state index in [1.807, 2.05) is 0 Å². The molecule has 0 aliphatic rings. The summed E-state index contributed by atoms with van der Waals surface area (Å²) in [7, 11) is 0. The van der Waals surface area contributed by atoms with Crippen LogP contribution in [0.4, 0.5) is 0 Å². The molecule has 0 saturated carbocycles. The average Bonchev–Trinajstić information content (AvgIpc) is 2.57. The van der Waals surface area contributed by atoms with E-state index >= 15 is 0 Å². The highest BCUT2D eigenvalue weighted by atomic mass is 35.5. The first-order chi connectivity index (χ1) is 7.19. The third-order valence-corrected chi connectivity index (χ3v) is 2.01. The maximum Gasteiger partial charge on any atom is 0.310 e. The normalized spacial score (nSPS) is 10.5. The lowest BCUT2D eigenvalue weighted by molar-refractivity contribution is -0.134. The number of aromatic nitrogens is 1. The fourth-order valence-electron chi connectivity index (χ4n) is 1.15. The van der Waals surface area contributed by atoms with Crippen LogP contribution < -0.4 is 4.74 Å². The Balaban J connectivity index is 2.33. The molecular weight excluding hydrogens is 218 g/mol. The number of ether oxygens (including phenoxy) is 1. The van der Waals surface area contributed by atoms with Crippen LogP contribution in [0.15, 0.2) is 22.6 Å². The number of rotatable bonds is 2. The Kier molecular flexibility index (Phi) is 2.60. The van der Waals surface area contributed by atoms with Crippen LogP contribution in [0.1, 0.15) is 13.3 Å². The van der Waals surface area contributed by atoms with Gasteiger partial charge in [0.1, 0.15) is 11.3 Å². The van der Waals surface area contributed by atoms with Gasteiger partial charge in [-0.3, -0.25) is 4.79 Å². The van der Waals surface area contributed by atoms with E-state index in [9.17, 15) is 4.79 Å². The molecule has 2 aromatic rings. The van der Waals surface area contributed by atoms with Crippen LogP contribution >= 0.6 is 11.6 Å². The smallest absolute Gasteiger partial charge is 0.310 e. The van der Waals surface area contributed by atoms with E-state index in [0.717, 1.165) is 0 Å². The van der Waals surface area contributed by atoms with Crippen molar-refractivity contribution >= 4 is 28.7 Å². The zero-order valence-corrected chi connectivity index (χ0v) is 8.75. The molecule has 5 heteroatoms. The van der Waals surface area contributed by atoms with E-state index in [-0.39, 0.29) is 11.3 Å². The summed E-state index contributed by atoms with van der Waals surface area (Å²) < 4.78 is 10.1. The second-order valence-corrected chi connectivity index (χ2v) is 3.25. The van der Waals surface area contributed by atoms with Gasteiger partial charge in [0.2, 0.25) is 0 Å². The zero-order chi connectivity index (χ0) is 10.8. The second kappa shape index (κ2) is 3.90. The summed E-state index contributed by atoms with van der Waals surface area (Å²) in [5.41, 5.74) is 1.14. The van der Waals surface area contributed by atoms with Crippen LogP contribution in [0.5, 0.6) is 5.75 Å². The van der Waals surface area contributed by atoms with Gasteiger partial charge in [-0.15, -0.1) is 0 Å². The Bertz CT molecular complexity index is 506. The van der Waals surface area contributed by atoms with Gasteiger partial charge in [-0.1, -0.05) is 6.92 Å². The van der Waals surface area contributed by atoms with Crippen LogP contribution in [0.3, 0.4) is 0 Å². The number of esters is 1. The third-order valence-electron chi connectivity index (χ3n) is 1.85. The standard InChI is InChI=1S/C10H8ClNO3/c1-2-9(13)14-6-3-4-8-7(5-6)12-10(11)15-8/h3-5H,2H2,1H3. The van der Waals surface area contributed by atoms with Crippen molar-refractivity contribution in [1.82, 2.24) is 4.98 Å². The van der Waals surface area contributed by atoms with Crippen LogP contribution in [-0.4, -0.2) is 11.0 Å². The van der Waals surface area contributed by atoms with Gasteiger partial charge in [0.25, 0.3) is 5.35 Å². The number of carbonyl (C=O) groups is 1. The number of carbonyl (C=O) groups excluding carboxylic acids is 1. The molecule has 0 spiro atoms. The van der Waals surface area contributed by atoms with Crippen molar-refractivity contribution in [3.63, 3.8) is 0 Å². The molecule has 0 N–H and O–H groups in total. The number of hydrogen-bond acceptors (Lipinski definition) is 4. The highest BCUT2D eigenvalue weighted by Crippen LogP contribution is 2.23. The summed E-state index contributed by atoms with van der Waals surface area (Å²) >= 11 is 5.58. The van der Waals surface area contributed by atoms with Crippen molar-refractivity contribution in [3.8, 4) is 5.75 Å². The Hall–Kier alpha value is -1.55. The monoisotopic (exact) mass is 225 g/mol. The molecule has 0 aliphatic heterocycles. The average molecular weight is 226 g/mol. The summed E-state index contributed by atoms with van der Waals surface area (Å²) in [6.45, 7) is 1.73. The molecule has 15 heavy (non-hydrogen) atoms. The molecule has 0 amide bonds. The topological polar surface area (TPSA) is 52.3 Å². The second-order valence-electron chi connectivity index (χ2n) is 2.92. The first kappa shape index (κ1) is 9.98. The molecule has 0 fully saturated rings. The molecule has 78 valence electrons. The van der Waals surface area contributed by atoms with Crippen molar-refractivity contribution in [2.75, 3.05) is 0 Å². The maximum absolute atomic E-state index is 11.0. The number of nitrogens with zero attached hydrogens (tertiary/aromatic N) is 1. The van der Waals surface area contributed by atoms with Gasteiger partial charge in [0.15, 0.2) is 5.58 Å². The van der Waals surface area contributed by atoms with Crippen LogP contribution in [0.25, 0.3) is 11.1 Å². The highest BCUT2D eigenvalue weighted by Gasteiger charge is 2.06. The molecule has 2 rings (SSSR count). The quantitative estimate of drug-likeness (QED) is 0.583. The largest absolute Gasteiger partial charge is 0.428 e. The van der Waals surface area contributed by atoms with E-state index in [4.69, 9.17) is 20.8 Å². The lowest BCUT2D eigenvalue weighted by Gasteiger charge is -2.00. The van der Waals surface area contributed by atoms with Gasteiger partial charge in [0.05, 0.1) is 0 Å². The maximum atomic E-state index is 11.0. The molecular formula is C10H8ClNO3. The van der Waals surface area contributed by atoms with Crippen molar-refractivity contribution in [2.45, 2.75) is 13.3 Å². The number of oxazole rings is 1. The summed E-state index contributed by atoms with van der Waals surface area (Å²) in [5, 5.41) is 0.0731. The van der Waals surface area contributed by atoms with Gasteiger partial charge in [-0.05, 0) is 23.7 Å². The van der Waals surface area contributed by atoms with E-state index in [1.165, 1.54) is 0 Å². The van der Waals surface area contributed by atoms with Crippen LogP contribution in [0, 0.1) is 0 Å². The molecule has 4 nitrogen and oxygen atoms in total. The predicted molar refractivity (Wildman–Crippen MR) is 54.9 cm³/mol. The molecule has 0 saturated heterocycles. The summed E-state index contributed by atoms with van der Waals surface area (Å²) in [4.78, 5) is 14.9. The molecule has 0 radical (unpaired) electrons. The number of hydrogen-bond donors (Lipinski definition) is 0. The molecule has 0 aliphatic carbocycles. The number of halogens is 1. The van der Waals surface area contributed by atoms with Gasteiger partial charge in [0, 0.05) is 12.5 Å².